The third-order valence-corrected chi connectivity index (χ3v) is 5.99. The lowest BCUT2D eigenvalue weighted by atomic mass is 9.96. The second-order valence-corrected chi connectivity index (χ2v) is 8.14. The number of rotatable bonds is 3. The molecule has 2 aliphatic carbocycles. The molecule has 0 amide bonds. The van der Waals surface area contributed by atoms with Crippen molar-refractivity contribution in [2.45, 2.75) is 12.8 Å². The smallest absolute Gasteiger partial charge is 0.258 e. The molecule has 3 aromatic carbocycles. The second kappa shape index (κ2) is 6.57. The van der Waals surface area contributed by atoms with Crippen LogP contribution >= 0.6 is 15.9 Å². The van der Waals surface area contributed by atoms with Gasteiger partial charge in [0.15, 0.2) is 0 Å². The summed E-state index contributed by atoms with van der Waals surface area (Å²) in [5.41, 5.74) is 8.71. The first-order valence-electron chi connectivity index (χ1n) is 9.15. The first-order valence-corrected chi connectivity index (χ1v) is 9.94. The van der Waals surface area contributed by atoms with Gasteiger partial charge in [-0.1, -0.05) is 64.5 Å². The third kappa shape index (κ3) is 2.90. The zero-order valence-corrected chi connectivity index (χ0v) is 16.6. The summed E-state index contributed by atoms with van der Waals surface area (Å²) in [7, 11) is 0. The van der Waals surface area contributed by atoms with E-state index in [2.05, 4.69) is 46.3 Å². The van der Waals surface area contributed by atoms with Gasteiger partial charge in [-0.15, -0.1) is 0 Å². The van der Waals surface area contributed by atoms with Crippen LogP contribution in [0.2, 0.25) is 0 Å². The van der Waals surface area contributed by atoms with Gasteiger partial charge in [-0.3, -0.25) is 10.1 Å². The Bertz CT molecular complexity index is 1210. The molecule has 5 rings (SSSR count). The van der Waals surface area contributed by atoms with E-state index in [4.69, 9.17) is 0 Å². The van der Waals surface area contributed by atoms with Gasteiger partial charge in [-0.05, 0) is 70.0 Å². The van der Waals surface area contributed by atoms with Crippen LogP contribution in [0, 0.1) is 10.1 Å². The van der Waals surface area contributed by atoms with E-state index in [0.717, 1.165) is 33.2 Å². The van der Waals surface area contributed by atoms with E-state index in [0.29, 0.717) is 12.0 Å². The van der Waals surface area contributed by atoms with Crippen molar-refractivity contribution in [1.82, 2.24) is 0 Å². The maximum absolute atomic E-state index is 11.8. The molecular weight excluding hydrogens is 414 g/mol. The average Bonchev–Trinajstić information content (AvgIpc) is 3.31. The Morgan fingerprint density at radius 1 is 0.821 bits per heavy atom. The summed E-state index contributed by atoms with van der Waals surface area (Å²) in [6.07, 6.45) is 5.72. The lowest BCUT2D eigenvalue weighted by Crippen LogP contribution is -1.97. The third-order valence-electron chi connectivity index (χ3n) is 5.49. The highest BCUT2D eigenvalue weighted by molar-refractivity contribution is 9.10. The van der Waals surface area contributed by atoms with E-state index < -0.39 is 0 Å². The summed E-state index contributed by atoms with van der Waals surface area (Å²) in [6.45, 7) is 0. The van der Waals surface area contributed by atoms with Gasteiger partial charge in [0.05, 0.1) is 10.5 Å². The Balaban J connectivity index is 1.53. The Morgan fingerprint density at radius 2 is 1.57 bits per heavy atom. The summed E-state index contributed by atoms with van der Waals surface area (Å²) in [4.78, 5) is 11.6. The van der Waals surface area contributed by atoms with E-state index in [1.54, 1.807) is 6.07 Å². The van der Waals surface area contributed by atoms with E-state index in [1.165, 1.54) is 16.7 Å². The van der Waals surface area contributed by atoms with Crippen molar-refractivity contribution in [3.05, 3.63) is 109 Å². The first-order chi connectivity index (χ1) is 13.6. The Kier molecular flexibility index (Phi) is 4.02. The van der Waals surface area contributed by atoms with Crippen molar-refractivity contribution in [2.75, 3.05) is 0 Å². The zero-order valence-electron chi connectivity index (χ0n) is 15.0. The van der Waals surface area contributed by atoms with Crippen LogP contribution in [-0.4, -0.2) is 4.92 Å². The minimum atomic E-state index is -0.263. The predicted molar refractivity (Wildman–Crippen MR) is 117 cm³/mol. The molecule has 0 aliphatic heterocycles. The number of benzene rings is 3. The molecule has 28 heavy (non-hydrogen) atoms. The van der Waals surface area contributed by atoms with Crippen LogP contribution in [0.3, 0.4) is 0 Å². The van der Waals surface area contributed by atoms with Crippen LogP contribution < -0.4 is 0 Å². The summed E-state index contributed by atoms with van der Waals surface area (Å²) in [6, 6.07) is 20.0. The van der Waals surface area contributed by atoms with Gasteiger partial charge in [0.2, 0.25) is 0 Å². The maximum Gasteiger partial charge on any atom is 0.277 e. The summed E-state index contributed by atoms with van der Waals surface area (Å²) < 4.78 is 1.03. The van der Waals surface area contributed by atoms with E-state index >= 15 is 0 Å². The molecule has 0 radical (unpaired) electrons. The number of allylic oxidation sites excluding steroid dienone is 2. The SMILES string of the molecule is O=[N+]([O-])c1cc(C2=Cc3ccccc3C2)ccc1C1=Cc2ccc(Br)cc2C1. The average molecular weight is 430 g/mol. The van der Waals surface area contributed by atoms with Gasteiger partial charge in [-0.25, -0.2) is 0 Å². The molecule has 0 bridgehead atoms. The van der Waals surface area contributed by atoms with Crippen molar-refractivity contribution in [2.24, 2.45) is 0 Å². The summed E-state index contributed by atoms with van der Waals surface area (Å²) in [5, 5.41) is 11.8. The standard InChI is InChI=1S/C24H16BrNO2/c25-22-7-5-17-11-21(12-20(17)13-22)23-8-6-18(14-24(23)26(27)28)19-9-15-3-1-2-4-16(15)10-19/h1-9,11,13-14H,10,12H2. The van der Waals surface area contributed by atoms with Gasteiger partial charge in [0.1, 0.15) is 0 Å². The summed E-state index contributed by atoms with van der Waals surface area (Å²) >= 11 is 3.50. The Labute approximate surface area is 171 Å². The minimum absolute atomic E-state index is 0.174. The number of hydrogen-bond acceptors (Lipinski definition) is 2. The molecule has 0 saturated carbocycles. The number of fused-ring (bicyclic) bond motifs is 2. The highest BCUT2D eigenvalue weighted by Gasteiger charge is 2.24. The van der Waals surface area contributed by atoms with E-state index in [1.807, 2.05) is 36.4 Å². The molecule has 2 aliphatic rings. The lowest BCUT2D eigenvalue weighted by Gasteiger charge is -2.08. The Hall–Kier alpha value is -2.98. The number of nitro groups is 1. The van der Waals surface area contributed by atoms with Crippen LogP contribution in [-0.2, 0) is 12.8 Å². The molecule has 3 nitrogen and oxygen atoms in total. The van der Waals surface area contributed by atoms with Crippen LogP contribution in [0.5, 0.6) is 0 Å². The van der Waals surface area contributed by atoms with Crippen molar-refractivity contribution in [1.29, 1.82) is 0 Å². The van der Waals surface area contributed by atoms with Gasteiger partial charge in [0, 0.05) is 10.5 Å². The minimum Gasteiger partial charge on any atom is -0.258 e. The van der Waals surface area contributed by atoms with Gasteiger partial charge < -0.3 is 0 Å². The quantitative estimate of drug-likeness (QED) is 0.349. The monoisotopic (exact) mass is 429 g/mol. The lowest BCUT2D eigenvalue weighted by molar-refractivity contribution is -0.385. The van der Waals surface area contributed by atoms with Crippen molar-refractivity contribution < 1.29 is 4.92 Å². The predicted octanol–water partition coefficient (Wildman–Crippen LogP) is 6.55. The number of nitro benzene ring substituents is 1. The zero-order chi connectivity index (χ0) is 19.3. The van der Waals surface area contributed by atoms with Gasteiger partial charge >= 0.3 is 0 Å². The second-order valence-electron chi connectivity index (χ2n) is 7.22. The molecule has 4 heteroatoms. The Morgan fingerprint density at radius 3 is 2.39 bits per heavy atom. The molecule has 0 heterocycles. The fraction of sp³-hybridized carbons (Fsp3) is 0.0833. The molecule has 3 aromatic rings. The first kappa shape index (κ1) is 17.1. The highest BCUT2D eigenvalue weighted by Crippen LogP contribution is 2.39. The van der Waals surface area contributed by atoms with Gasteiger partial charge in [0.25, 0.3) is 5.69 Å². The van der Waals surface area contributed by atoms with Crippen molar-refractivity contribution in [3.63, 3.8) is 0 Å². The van der Waals surface area contributed by atoms with Crippen LogP contribution in [0.15, 0.2) is 65.1 Å². The fourth-order valence-corrected chi connectivity index (χ4v) is 4.51. The number of halogens is 1. The van der Waals surface area contributed by atoms with Gasteiger partial charge in [-0.2, -0.15) is 0 Å². The molecule has 0 aromatic heterocycles. The maximum atomic E-state index is 11.8. The van der Waals surface area contributed by atoms with Crippen LogP contribution in [0.1, 0.15) is 33.4 Å². The molecule has 0 N–H and O–H groups in total. The molecule has 136 valence electrons. The van der Waals surface area contributed by atoms with Crippen molar-refractivity contribution >= 4 is 44.9 Å². The van der Waals surface area contributed by atoms with Crippen molar-refractivity contribution in [3.8, 4) is 0 Å². The largest absolute Gasteiger partial charge is 0.277 e. The fourth-order valence-electron chi connectivity index (χ4n) is 4.10. The molecule has 0 spiro atoms. The van der Waals surface area contributed by atoms with E-state index in [-0.39, 0.29) is 10.6 Å². The molecule has 0 fully saturated rings. The molecule has 0 saturated heterocycles. The molecule has 0 unspecified atom stereocenters. The number of nitrogens with zero attached hydrogens (tertiary/aromatic N) is 1. The van der Waals surface area contributed by atoms with Crippen LogP contribution in [0.4, 0.5) is 5.69 Å². The number of hydrogen-bond donors (Lipinski definition) is 0. The molecule has 0 atom stereocenters. The summed E-state index contributed by atoms with van der Waals surface area (Å²) in [5.74, 6) is 0. The van der Waals surface area contributed by atoms with Crippen LogP contribution in [0.25, 0.3) is 23.3 Å². The van der Waals surface area contributed by atoms with E-state index in [9.17, 15) is 10.1 Å². The normalized spacial score (nSPS) is 14.3. The topological polar surface area (TPSA) is 43.1 Å². The highest BCUT2D eigenvalue weighted by atomic mass is 79.9. The molecular formula is C24H16BrNO2.